The highest BCUT2D eigenvalue weighted by molar-refractivity contribution is 5.98. The molecule has 0 fully saturated rings. The maximum atomic E-state index is 12.2. The molecule has 0 saturated carbocycles. The third-order valence-corrected chi connectivity index (χ3v) is 3.34. The van der Waals surface area contributed by atoms with Crippen molar-refractivity contribution in [2.75, 3.05) is 26.2 Å². The van der Waals surface area contributed by atoms with Gasteiger partial charge in [0.1, 0.15) is 12.4 Å². The second-order valence-corrected chi connectivity index (χ2v) is 5.39. The van der Waals surface area contributed by atoms with Gasteiger partial charge >= 0.3 is 0 Å². The topological polar surface area (TPSA) is 29.5 Å². The summed E-state index contributed by atoms with van der Waals surface area (Å²) in [5, 5.41) is 0. The first-order valence-corrected chi connectivity index (χ1v) is 7.55. The Morgan fingerprint density at radius 3 is 2.38 bits per heavy atom. The summed E-state index contributed by atoms with van der Waals surface area (Å²) >= 11 is 0. The molecule has 0 bridgehead atoms. The summed E-state index contributed by atoms with van der Waals surface area (Å²) in [6.45, 7) is 12.0. The van der Waals surface area contributed by atoms with Crippen LogP contribution < -0.4 is 4.74 Å². The summed E-state index contributed by atoms with van der Waals surface area (Å²) in [7, 11) is 0. The first-order chi connectivity index (χ1) is 9.58. The van der Waals surface area contributed by atoms with Crippen LogP contribution in [0.25, 0.3) is 0 Å². The van der Waals surface area contributed by atoms with Crippen molar-refractivity contribution < 1.29 is 9.53 Å². The number of likely N-dealkylation sites (N-methyl/N-ethyl adjacent to an activating group) is 1. The molecule has 0 atom stereocenters. The molecule has 0 heterocycles. The molecule has 0 saturated heterocycles. The molecule has 0 spiro atoms. The first-order valence-electron chi connectivity index (χ1n) is 7.55. The van der Waals surface area contributed by atoms with Gasteiger partial charge in [-0.2, -0.15) is 0 Å². The van der Waals surface area contributed by atoms with E-state index in [4.69, 9.17) is 4.74 Å². The molecule has 0 aliphatic rings. The normalized spacial score (nSPS) is 10.6. The summed E-state index contributed by atoms with van der Waals surface area (Å²) in [6.07, 6.45) is 0.566. The number of halogens is 1. The Labute approximate surface area is 135 Å². The van der Waals surface area contributed by atoms with Crippen molar-refractivity contribution in [3.8, 4) is 5.75 Å². The van der Waals surface area contributed by atoms with Gasteiger partial charge in [0.15, 0.2) is 5.78 Å². The average Bonchev–Trinajstić information content (AvgIpc) is 2.43. The molecular weight excluding hydrogens is 286 g/mol. The standard InChI is InChI=1S/C17H27NO2.ClH/c1-5-18(6-2)11-12-20-17-10-8-7-9-15(17)16(19)13-14(3)4;/h7-10,14H,5-6,11-13H2,1-4H3;1H. The molecule has 0 amide bonds. The lowest BCUT2D eigenvalue weighted by molar-refractivity contribution is 0.0963. The van der Waals surface area contributed by atoms with Gasteiger partial charge in [-0.15, -0.1) is 12.4 Å². The third kappa shape index (κ3) is 6.96. The van der Waals surface area contributed by atoms with Crippen LogP contribution in [-0.4, -0.2) is 36.9 Å². The van der Waals surface area contributed by atoms with Crippen LogP contribution in [-0.2, 0) is 0 Å². The van der Waals surface area contributed by atoms with Gasteiger partial charge in [-0.05, 0) is 31.1 Å². The molecule has 1 aromatic carbocycles. The summed E-state index contributed by atoms with van der Waals surface area (Å²) < 4.78 is 5.81. The van der Waals surface area contributed by atoms with Crippen molar-refractivity contribution in [3.05, 3.63) is 29.8 Å². The fourth-order valence-electron chi connectivity index (χ4n) is 2.13. The monoisotopic (exact) mass is 313 g/mol. The van der Waals surface area contributed by atoms with Crippen molar-refractivity contribution in [1.82, 2.24) is 4.90 Å². The number of ketones is 1. The average molecular weight is 314 g/mol. The maximum absolute atomic E-state index is 12.2. The Balaban J connectivity index is 0.00000400. The minimum Gasteiger partial charge on any atom is -0.491 e. The van der Waals surface area contributed by atoms with Gasteiger partial charge in [0.2, 0.25) is 0 Å². The molecule has 0 radical (unpaired) electrons. The van der Waals surface area contributed by atoms with E-state index in [2.05, 4.69) is 32.6 Å². The number of carbonyl (C=O) groups is 1. The Kier molecular flexibility index (Phi) is 10.1. The number of para-hydroxylation sites is 1. The molecule has 1 aromatic rings. The number of hydrogen-bond donors (Lipinski definition) is 0. The van der Waals surface area contributed by atoms with E-state index in [1.54, 1.807) is 0 Å². The second kappa shape index (κ2) is 10.6. The minimum absolute atomic E-state index is 0. The fourth-order valence-corrected chi connectivity index (χ4v) is 2.13. The van der Waals surface area contributed by atoms with Crippen molar-refractivity contribution in [3.63, 3.8) is 0 Å². The number of benzene rings is 1. The Hall–Kier alpha value is -1.06. The van der Waals surface area contributed by atoms with Crippen LogP contribution in [0, 0.1) is 5.92 Å². The molecule has 0 N–H and O–H groups in total. The molecule has 4 heteroatoms. The largest absolute Gasteiger partial charge is 0.491 e. The van der Waals surface area contributed by atoms with Crippen molar-refractivity contribution in [2.24, 2.45) is 5.92 Å². The van der Waals surface area contributed by atoms with E-state index in [9.17, 15) is 4.79 Å². The molecule has 21 heavy (non-hydrogen) atoms. The van der Waals surface area contributed by atoms with E-state index in [0.29, 0.717) is 30.3 Å². The highest BCUT2D eigenvalue weighted by Crippen LogP contribution is 2.21. The first kappa shape index (κ1) is 19.9. The number of carbonyl (C=O) groups excluding carboxylic acids is 1. The maximum Gasteiger partial charge on any atom is 0.166 e. The SMILES string of the molecule is CCN(CC)CCOc1ccccc1C(=O)CC(C)C.Cl. The van der Waals surface area contributed by atoms with Crippen molar-refractivity contribution in [1.29, 1.82) is 0 Å². The highest BCUT2D eigenvalue weighted by Gasteiger charge is 2.13. The van der Waals surface area contributed by atoms with Gasteiger partial charge in [0, 0.05) is 13.0 Å². The lowest BCUT2D eigenvalue weighted by atomic mass is 10.0. The molecule has 0 aliphatic carbocycles. The zero-order valence-electron chi connectivity index (χ0n) is 13.6. The lowest BCUT2D eigenvalue weighted by Gasteiger charge is -2.18. The molecule has 1 rings (SSSR count). The zero-order chi connectivity index (χ0) is 15.0. The van der Waals surface area contributed by atoms with E-state index >= 15 is 0 Å². The van der Waals surface area contributed by atoms with E-state index in [-0.39, 0.29) is 18.2 Å². The number of rotatable bonds is 9. The predicted molar refractivity (Wildman–Crippen MR) is 90.8 cm³/mol. The fraction of sp³-hybridized carbons (Fsp3) is 0.588. The predicted octanol–water partition coefficient (Wildman–Crippen LogP) is 4.06. The third-order valence-electron chi connectivity index (χ3n) is 3.34. The van der Waals surface area contributed by atoms with Gasteiger partial charge in [0.05, 0.1) is 5.56 Å². The van der Waals surface area contributed by atoms with Gasteiger partial charge in [0.25, 0.3) is 0 Å². The van der Waals surface area contributed by atoms with Crippen LogP contribution in [0.5, 0.6) is 5.75 Å². The van der Waals surface area contributed by atoms with Gasteiger partial charge in [-0.3, -0.25) is 4.79 Å². The number of ether oxygens (including phenoxy) is 1. The van der Waals surface area contributed by atoms with Crippen LogP contribution in [0.15, 0.2) is 24.3 Å². The highest BCUT2D eigenvalue weighted by atomic mass is 35.5. The van der Waals surface area contributed by atoms with E-state index in [1.165, 1.54) is 0 Å². The van der Waals surface area contributed by atoms with E-state index in [1.807, 2.05) is 24.3 Å². The summed E-state index contributed by atoms with van der Waals surface area (Å²) in [6, 6.07) is 7.55. The van der Waals surface area contributed by atoms with Crippen LogP contribution >= 0.6 is 12.4 Å². The molecule has 0 aliphatic heterocycles. The van der Waals surface area contributed by atoms with Crippen LogP contribution in [0.2, 0.25) is 0 Å². The van der Waals surface area contributed by atoms with Crippen LogP contribution in [0.4, 0.5) is 0 Å². The van der Waals surface area contributed by atoms with Crippen LogP contribution in [0.3, 0.4) is 0 Å². The number of Topliss-reactive ketones (excluding diaryl/α,β-unsaturated/α-hetero) is 1. The number of hydrogen-bond acceptors (Lipinski definition) is 3. The molecular formula is C17H28ClNO2. The van der Waals surface area contributed by atoms with Crippen molar-refractivity contribution >= 4 is 18.2 Å². The smallest absolute Gasteiger partial charge is 0.166 e. The summed E-state index contributed by atoms with van der Waals surface area (Å²) in [4.78, 5) is 14.5. The van der Waals surface area contributed by atoms with Crippen molar-refractivity contribution in [2.45, 2.75) is 34.1 Å². The van der Waals surface area contributed by atoms with Crippen LogP contribution in [0.1, 0.15) is 44.5 Å². The second-order valence-electron chi connectivity index (χ2n) is 5.39. The minimum atomic E-state index is 0. The van der Waals surface area contributed by atoms with Gasteiger partial charge < -0.3 is 9.64 Å². The quantitative estimate of drug-likeness (QED) is 0.644. The number of nitrogens with zero attached hydrogens (tertiary/aromatic N) is 1. The Bertz CT molecular complexity index is 417. The van der Waals surface area contributed by atoms with Gasteiger partial charge in [-0.1, -0.05) is 39.8 Å². The van der Waals surface area contributed by atoms with E-state index in [0.717, 1.165) is 19.6 Å². The van der Waals surface area contributed by atoms with Gasteiger partial charge in [-0.25, -0.2) is 0 Å². The summed E-state index contributed by atoms with van der Waals surface area (Å²) in [5.74, 6) is 1.25. The summed E-state index contributed by atoms with van der Waals surface area (Å²) in [5.41, 5.74) is 0.709. The molecule has 120 valence electrons. The molecule has 0 unspecified atom stereocenters. The zero-order valence-corrected chi connectivity index (χ0v) is 14.4. The lowest BCUT2D eigenvalue weighted by Crippen LogP contribution is -2.28. The molecule has 0 aromatic heterocycles. The Morgan fingerprint density at radius 1 is 1.19 bits per heavy atom. The Morgan fingerprint density at radius 2 is 1.81 bits per heavy atom. The molecule has 3 nitrogen and oxygen atoms in total. The van der Waals surface area contributed by atoms with E-state index < -0.39 is 0 Å².